The van der Waals surface area contributed by atoms with Crippen molar-refractivity contribution >= 4 is 11.8 Å². The number of carbonyl (C=O) groups is 2. The van der Waals surface area contributed by atoms with Gasteiger partial charge in [0.25, 0.3) is 0 Å². The first-order valence-electron chi connectivity index (χ1n) is 5.65. The van der Waals surface area contributed by atoms with Crippen molar-refractivity contribution in [2.75, 3.05) is 13.2 Å². The SMILES string of the molecule is CC(C)C[C@@H](CO)N1CC(C(N)=O)CC1=O. The van der Waals surface area contributed by atoms with Crippen LogP contribution < -0.4 is 5.73 Å². The molecule has 0 radical (unpaired) electrons. The van der Waals surface area contributed by atoms with Crippen molar-refractivity contribution < 1.29 is 14.7 Å². The fourth-order valence-corrected chi connectivity index (χ4v) is 2.12. The van der Waals surface area contributed by atoms with E-state index in [1.807, 2.05) is 13.8 Å². The van der Waals surface area contributed by atoms with Gasteiger partial charge in [0.15, 0.2) is 0 Å². The number of aliphatic hydroxyl groups excluding tert-OH is 1. The smallest absolute Gasteiger partial charge is 0.223 e. The van der Waals surface area contributed by atoms with E-state index in [2.05, 4.69) is 0 Å². The largest absolute Gasteiger partial charge is 0.394 e. The molecule has 0 aromatic rings. The summed E-state index contributed by atoms with van der Waals surface area (Å²) in [6.45, 7) is 4.37. The van der Waals surface area contributed by atoms with Gasteiger partial charge in [-0.05, 0) is 12.3 Å². The minimum absolute atomic E-state index is 0.0601. The average Bonchev–Trinajstić information content (AvgIpc) is 2.56. The van der Waals surface area contributed by atoms with Crippen LogP contribution >= 0.6 is 0 Å². The van der Waals surface area contributed by atoms with Crippen molar-refractivity contribution in [3.63, 3.8) is 0 Å². The molecular weight excluding hydrogens is 208 g/mol. The third-order valence-corrected chi connectivity index (χ3v) is 2.96. The minimum atomic E-state index is -0.433. The number of nitrogens with two attached hydrogens (primary N) is 1. The van der Waals surface area contributed by atoms with E-state index in [0.29, 0.717) is 12.5 Å². The molecule has 1 heterocycles. The van der Waals surface area contributed by atoms with E-state index >= 15 is 0 Å². The van der Waals surface area contributed by atoms with Crippen molar-refractivity contribution in [3.05, 3.63) is 0 Å². The molecule has 16 heavy (non-hydrogen) atoms. The number of amides is 2. The van der Waals surface area contributed by atoms with Gasteiger partial charge in [-0.3, -0.25) is 9.59 Å². The summed E-state index contributed by atoms with van der Waals surface area (Å²) >= 11 is 0. The van der Waals surface area contributed by atoms with Crippen molar-refractivity contribution in [2.45, 2.75) is 32.7 Å². The number of aliphatic hydroxyl groups is 1. The van der Waals surface area contributed by atoms with Crippen molar-refractivity contribution in [1.29, 1.82) is 0 Å². The molecule has 0 saturated carbocycles. The zero-order valence-corrected chi connectivity index (χ0v) is 9.85. The molecule has 1 saturated heterocycles. The molecule has 1 aliphatic heterocycles. The van der Waals surface area contributed by atoms with E-state index in [4.69, 9.17) is 5.73 Å². The van der Waals surface area contributed by atoms with Crippen LogP contribution in [0.1, 0.15) is 26.7 Å². The second-order valence-corrected chi connectivity index (χ2v) is 4.82. The van der Waals surface area contributed by atoms with Gasteiger partial charge in [0.1, 0.15) is 0 Å². The maximum absolute atomic E-state index is 11.7. The van der Waals surface area contributed by atoms with Gasteiger partial charge in [-0.2, -0.15) is 0 Å². The van der Waals surface area contributed by atoms with Crippen molar-refractivity contribution in [2.24, 2.45) is 17.6 Å². The molecule has 2 atom stereocenters. The number of nitrogens with zero attached hydrogens (tertiary/aromatic N) is 1. The molecule has 92 valence electrons. The van der Waals surface area contributed by atoms with Crippen molar-refractivity contribution in [3.8, 4) is 0 Å². The summed E-state index contributed by atoms with van der Waals surface area (Å²) in [7, 11) is 0. The van der Waals surface area contributed by atoms with Crippen LogP contribution in [0.15, 0.2) is 0 Å². The molecule has 1 unspecified atom stereocenters. The Balaban J connectivity index is 2.65. The topological polar surface area (TPSA) is 83.6 Å². The van der Waals surface area contributed by atoms with Crippen LogP contribution in [0.5, 0.6) is 0 Å². The molecule has 1 aliphatic rings. The van der Waals surface area contributed by atoms with E-state index in [9.17, 15) is 14.7 Å². The molecule has 5 nitrogen and oxygen atoms in total. The van der Waals surface area contributed by atoms with Crippen LogP contribution in [0.4, 0.5) is 0 Å². The van der Waals surface area contributed by atoms with E-state index in [1.165, 1.54) is 0 Å². The third-order valence-electron chi connectivity index (χ3n) is 2.96. The average molecular weight is 228 g/mol. The number of carbonyl (C=O) groups excluding carboxylic acids is 2. The van der Waals surface area contributed by atoms with E-state index in [1.54, 1.807) is 4.90 Å². The highest BCUT2D eigenvalue weighted by Gasteiger charge is 2.36. The van der Waals surface area contributed by atoms with Gasteiger partial charge in [-0.25, -0.2) is 0 Å². The molecule has 0 bridgehead atoms. The summed E-state index contributed by atoms with van der Waals surface area (Å²) in [5.74, 6) is -0.508. The summed E-state index contributed by atoms with van der Waals surface area (Å²) < 4.78 is 0. The van der Waals surface area contributed by atoms with E-state index < -0.39 is 11.8 Å². The van der Waals surface area contributed by atoms with Crippen LogP contribution in [0.3, 0.4) is 0 Å². The molecule has 0 aliphatic carbocycles. The number of hydrogen-bond donors (Lipinski definition) is 2. The second kappa shape index (κ2) is 5.30. The van der Waals surface area contributed by atoms with E-state index in [-0.39, 0.29) is 25.0 Å². The molecule has 3 N–H and O–H groups in total. The molecule has 5 heteroatoms. The number of hydrogen-bond acceptors (Lipinski definition) is 3. The molecule has 0 spiro atoms. The standard InChI is InChI=1S/C11H20N2O3/c1-7(2)3-9(6-14)13-5-8(11(12)16)4-10(13)15/h7-9,14H,3-6H2,1-2H3,(H2,12,16)/t8?,9-/m0/s1. The molecule has 0 aromatic carbocycles. The van der Waals surface area contributed by atoms with Crippen LogP contribution in [0.2, 0.25) is 0 Å². The Hall–Kier alpha value is -1.10. The van der Waals surface area contributed by atoms with Gasteiger partial charge < -0.3 is 15.7 Å². The Labute approximate surface area is 95.6 Å². The Bertz CT molecular complexity index is 278. The lowest BCUT2D eigenvalue weighted by Crippen LogP contribution is -2.40. The molecule has 2 amide bonds. The third kappa shape index (κ3) is 2.95. The Kier molecular flexibility index (Phi) is 4.29. The first-order valence-corrected chi connectivity index (χ1v) is 5.65. The van der Waals surface area contributed by atoms with Gasteiger partial charge in [-0.15, -0.1) is 0 Å². The molecular formula is C11H20N2O3. The number of primary amides is 1. The Morgan fingerprint density at radius 1 is 1.62 bits per heavy atom. The highest BCUT2D eigenvalue weighted by molar-refractivity contribution is 5.88. The normalized spacial score (nSPS) is 22.9. The maximum atomic E-state index is 11.7. The number of likely N-dealkylation sites (tertiary alicyclic amines) is 1. The summed E-state index contributed by atoms with van der Waals surface area (Å²) in [4.78, 5) is 24.3. The van der Waals surface area contributed by atoms with Gasteiger partial charge in [0, 0.05) is 13.0 Å². The Morgan fingerprint density at radius 3 is 2.62 bits per heavy atom. The summed E-state index contributed by atoms with van der Waals surface area (Å²) in [5, 5.41) is 9.27. The molecule has 1 fully saturated rings. The quantitative estimate of drug-likeness (QED) is 0.679. The predicted molar refractivity (Wildman–Crippen MR) is 59.3 cm³/mol. The van der Waals surface area contributed by atoms with Crippen LogP contribution in [0.25, 0.3) is 0 Å². The van der Waals surface area contributed by atoms with Crippen molar-refractivity contribution in [1.82, 2.24) is 4.90 Å². The second-order valence-electron chi connectivity index (χ2n) is 4.82. The summed E-state index contributed by atoms with van der Waals surface area (Å²) in [6, 6.07) is -0.183. The zero-order valence-electron chi connectivity index (χ0n) is 9.85. The highest BCUT2D eigenvalue weighted by Crippen LogP contribution is 2.22. The first kappa shape index (κ1) is 13.0. The minimum Gasteiger partial charge on any atom is -0.394 e. The maximum Gasteiger partial charge on any atom is 0.223 e. The lowest BCUT2D eigenvalue weighted by Gasteiger charge is -2.27. The fourth-order valence-electron chi connectivity index (χ4n) is 2.12. The summed E-state index contributed by atoms with van der Waals surface area (Å²) in [6.07, 6.45) is 0.928. The van der Waals surface area contributed by atoms with E-state index in [0.717, 1.165) is 6.42 Å². The number of rotatable bonds is 5. The van der Waals surface area contributed by atoms with Gasteiger partial charge in [0.05, 0.1) is 18.6 Å². The highest BCUT2D eigenvalue weighted by atomic mass is 16.3. The van der Waals surface area contributed by atoms with Gasteiger partial charge >= 0.3 is 0 Å². The predicted octanol–water partition coefficient (Wildman–Crippen LogP) is -0.273. The van der Waals surface area contributed by atoms with Crippen LogP contribution in [-0.2, 0) is 9.59 Å². The van der Waals surface area contributed by atoms with Crippen LogP contribution in [0, 0.1) is 11.8 Å². The van der Waals surface area contributed by atoms with Gasteiger partial charge in [-0.1, -0.05) is 13.8 Å². The first-order chi connectivity index (χ1) is 7.45. The molecule has 0 aromatic heterocycles. The Morgan fingerprint density at radius 2 is 2.25 bits per heavy atom. The molecule has 1 rings (SSSR count). The monoisotopic (exact) mass is 228 g/mol. The fraction of sp³-hybridized carbons (Fsp3) is 0.818. The summed E-state index contributed by atoms with van der Waals surface area (Å²) in [5.41, 5.74) is 5.18. The lowest BCUT2D eigenvalue weighted by molar-refractivity contribution is -0.131. The van der Waals surface area contributed by atoms with Crippen LogP contribution in [-0.4, -0.2) is 41.0 Å². The van der Waals surface area contributed by atoms with Gasteiger partial charge in [0.2, 0.25) is 11.8 Å². The zero-order chi connectivity index (χ0) is 12.3. The lowest BCUT2D eigenvalue weighted by atomic mass is 10.0.